The highest BCUT2D eigenvalue weighted by molar-refractivity contribution is 9.10. The number of ether oxygens (including phenoxy) is 2. The van der Waals surface area contributed by atoms with E-state index in [1.54, 1.807) is 14.2 Å². The van der Waals surface area contributed by atoms with Crippen molar-refractivity contribution in [2.75, 3.05) is 14.2 Å². The van der Waals surface area contributed by atoms with E-state index in [1.165, 1.54) is 0 Å². The van der Waals surface area contributed by atoms with E-state index in [2.05, 4.69) is 21.9 Å². The standard InChI is InChI=1S/C13H15BrO2/c1-6-13(2,3)9-7-10(15-4)12(14)11(8-9)16-5/h1,7-8H,2-5H3. The number of hydrogen-bond donors (Lipinski definition) is 0. The Labute approximate surface area is 105 Å². The molecule has 0 saturated heterocycles. The van der Waals surface area contributed by atoms with Gasteiger partial charge in [0.25, 0.3) is 0 Å². The van der Waals surface area contributed by atoms with Gasteiger partial charge in [0.05, 0.1) is 19.6 Å². The van der Waals surface area contributed by atoms with Crippen LogP contribution in [0.1, 0.15) is 19.4 Å². The van der Waals surface area contributed by atoms with Crippen LogP contribution in [0.25, 0.3) is 0 Å². The summed E-state index contributed by atoms with van der Waals surface area (Å²) in [5.41, 5.74) is 0.647. The second-order valence-electron chi connectivity index (χ2n) is 3.96. The largest absolute Gasteiger partial charge is 0.495 e. The zero-order valence-electron chi connectivity index (χ0n) is 9.93. The fourth-order valence-electron chi connectivity index (χ4n) is 1.31. The molecule has 0 aliphatic heterocycles. The van der Waals surface area contributed by atoms with Gasteiger partial charge in [0, 0.05) is 0 Å². The normalized spacial score (nSPS) is 10.8. The van der Waals surface area contributed by atoms with E-state index in [-0.39, 0.29) is 5.41 Å². The lowest BCUT2D eigenvalue weighted by Gasteiger charge is -2.20. The minimum absolute atomic E-state index is 0.346. The number of rotatable bonds is 3. The van der Waals surface area contributed by atoms with Crippen LogP contribution in [0.15, 0.2) is 16.6 Å². The van der Waals surface area contributed by atoms with Crippen molar-refractivity contribution in [3.8, 4) is 23.8 Å². The first kappa shape index (κ1) is 12.9. The summed E-state index contributed by atoms with van der Waals surface area (Å²) in [6.45, 7) is 3.96. The Morgan fingerprint density at radius 1 is 1.19 bits per heavy atom. The van der Waals surface area contributed by atoms with Gasteiger partial charge in [0.1, 0.15) is 16.0 Å². The van der Waals surface area contributed by atoms with E-state index in [4.69, 9.17) is 15.9 Å². The number of terminal acetylenes is 1. The number of hydrogen-bond acceptors (Lipinski definition) is 2. The molecule has 0 spiro atoms. The van der Waals surface area contributed by atoms with Crippen molar-refractivity contribution < 1.29 is 9.47 Å². The zero-order valence-corrected chi connectivity index (χ0v) is 11.5. The fraction of sp³-hybridized carbons (Fsp3) is 0.385. The Morgan fingerprint density at radius 3 is 1.94 bits per heavy atom. The lowest BCUT2D eigenvalue weighted by molar-refractivity contribution is 0.387. The number of benzene rings is 1. The van der Waals surface area contributed by atoms with Gasteiger partial charge in [-0.25, -0.2) is 0 Å². The molecule has 0 aliphatic rings. The van der Waals surface area contributed by atoms with Gasteiger partial charge in [-0.2, -0.15) is 0 Å². The van der Waals surface area contributed by atoms with Crippen LogP contribution < -0.4 is 9.47 Å². The minimum atomic E-state index is -0.346. The Balaban J connectivity index is 3.40. The third-order valence-corrected chi connectivity index (χ3v) is 3.31. The zero-order chi connectivity index (χ0) is 12.3. The highest BCUT2D eigenvalue weighted by atomic mass is 79.9. The first-order valence-electron chi connectivity index (χ1n) is 4.86. The Morgan fingerprint density at radius 2 is 1.62 bits per heavy atom. The lowest BCUT2D eigenvalue weighted by Crippen LogP contribution is -2.14. The van der Waals surface area contributed by atoms with Crippen LogP contribution in [0.5, 0.6) is 11.5 Å². The molecule has 0 unspecified atom stereocenters. The third kappa shape index (κ3) is 2.33. The smallest absolute Gasteiger partial charge is 0.137 e. The molecule has 0 amide bonds. The average Bonchev–Trinajstić information content (AvgIpc) is 2.29. The molecular weight excluding hydrogens is 268 g/mol. The summed E-state index contributed by atoms with van der Waals surface area (Å²) < 4.78 is 11.3. The van der Waals surface area contributed by atoms with Crippen LogP contribution in [0.3, 0.4) is 0 Å². The molecule has 2 nitrogen and oxygen atoms in total. The first-order chi connectivity index (χ1) is 7.46. The predicted molar refractivity (Wildman–Crippen MR) is 69.1 cm³/mol. The van der Waals surface area contributed by atoms with Crippen molar-refractivity contribution in [3.05, 3.63) is 22.2 Å². The molecule has 0 aliphatic carbocycles. The summed E-state index contributed by atoms with van der Waals surface area (Å²) in [5.74, 6) is 4.19. The second kappa shape index (κ2) is 4.80. The van der Waals surface area contributed by atoms with Gasteiger partial charge >= 0.3 is 0 Å². The number of methoxy groups -OCH3 is 2. The summed E-state index contributed by atoms with van der Waals surface area (Å²) in [6, 6.07) is 3.85. The maximum Gasteiger partial charge on any atom is 0.137 e. The Kier molecular flexibility index (Phi) is 3.88. The van der Waals surface area contributed by atoms with Gasteiger partial charge in [-0.15, -0.1) is 6.42 Å². The van der Waals surface area contributed by atoms with Crippen molar-refractivity contribution >= 4 is 15.9 Å². The third-order valence-electron chi connectivity index (χ3n) is 2.53. The molecule has 86 valence electrons. The quantitative estimate of drug-likeness (QED) is 0.792. The molecule has 1 aromatic carbocycles. The van der Waals surface area contributed by atoms with Crippen LogP contribution >= 0.6 is 15.9 Å². The molecule has 1 rings (SSSR count). The first-order valence-corrected chi connectivity index (χ1v) is 5.65. The molecule has 0 aromatic heterocycles. The summed E-state index contributed by atoms with van der Waals surface area (Å²) in [6.07, 6.45) is 5.52. The van der Waals surface area contributed by atoms with Gasteiger partial charge in [-0.1, -0.05) is 5.92 Å². The van der Waals surface area contributed by atoms with Crippen LogP contribution in [-0.2, 0) is 5.41 Å². The van der Waals surface area contributed by atoms with Crippen molar-refractivity contribution in [3.63, 3.8) is 0 Å². The summed E-state index contributed by atoms with van der Waals surface area (Å²) >= 11 is 3.42. The molecule has 0 saturated carbocycles. The number of halogens is 1. The van der Waals surface area contributed by atoms with E-state index >= 15 is 0 Å². The van der Waals surface area contributed by atoms with Crippen LogP contribution in [0, 0.1) is 12.3 Å². The molecule has 1 aromatic rings. The van der Waals surface area contributed by atoms with Gasteiger partial charge in [-0.3, -0.25) is 0 Å². The summed E-state index contributed by atoms with van der Waals surface area (Å²) in [5, 5.41) is 0. The van der Waals surface area contributed by atoms with Gasteiger partial charge < -0.3 is 9.47 Å². The monoisotopic (exact) mass is 282 g/mol. The van der Waals surface area contributed by atoms with E-state index in [1.807, 2.05) is 26.0 Å². The topological polar surface area (TPSA) is 18.5 Å². The molecule has 16 heavy (non-hydrogen) atoms. The fourth-order valence-corrected chi connectivity index (χ4v) is 1.87. The molecule has 0 radical (unpaired) electrons. The van der Waals surface area contributed by atoms with Gasteiger partial charge in [0.2, 0.25) is 0 Å². The average molecular weight is 283 g/mol. The van der Waals surface area contributed by atoms with Crippen molar-refractivity contribution in [1.82, 2.24) is 0 Å². The molecule has 3 heteroatoms. The van der Waals surface area contributed by atoms with E-state index in [0.29, 0.717) is 0 Å². The highest BCUT2D eigenvalue weighted by Crippen LogP contribution is 2.38. The highest BCUT2D eigenvalue weighted by Gasteiger charge is 2.21. The van der Waals surface area contributed by atoms with Crippen molar-refractivity contribution in [1.29, 1.82) is 0 Å². The van der Waals surface area contributed by atoms with Crippen molar-refractivity contribution in [2.45, 2.75) is 19.3 Å². The minimum Gasteiger partial charge on any atom is -0.495 e. The van der Waals surface area contributed by atoms with Crippen molar-refractivity contribution in [2.24, 2.45) is 0 Å². The van der Waals surface area contributed by atoms with Crippen LogP contribution in [-0.4, -0.2) is 14.2 Å². The van der Waals surface area contributed by atoms with Crippen LogP contribution in [0.2, 0.25) is 0 Å². The maximum absolute atomic E-state index is 5.52. The molecule has 0 fully saturated rings. The van der Waals surface area contributed by atoms with E-state index in [9.17, 15) is 0 Å². The molecule has 0 atom stereocenters. The maximum atomic E-state index is 5.52. The van der Waals surface area contributed by atoms with E-state index in [0.717, 1.165) is 21.5 Å². The van der Waals surface area contributed by atoms with Gasteiger partial charge in [-0.05, 0) is 47.5 Å². The Hall–Kier alpha value is -1.14. The lowest BCUT2D eigenvalue weighted by atomic mass is 9.85. The predicted octanol–water partition coefficient (Wildman–Crippen LogP) is 3.38. The Bertz CT molecular complexity index is 405. The second-order valence-corrected chi connectivity index (χ2v) is 4.76. The molecule has 0 bridgehead atoms. The summed E-state index contributed by atoms with van der Waals surface area (Å²) in [7, 11) is 3.23. The molecular formula is C13H15BrO2. The van der Waals surface area contributed by atoms with Gasteiger partial charge in [0.15, 0.2) is 0 Å². The molecule has 0 heterocycles. The van der Waals surface area contributed by atoms with E-state index < -0.39 is 0 Å². The summed E-state index contributed by atoms with van der Waals surface area (Å²) in [4.78, 5) is 0. The SMILES string of the molecule is C#CC(C)(C)c1cc(OC)c(Br)c(OC)c1. The molecule has 0 N–H and O–H groups in total. The van der Waals surface area contributed by atoms with Crippen LogP contribution in [0.4, 0.5) is 0 Å².